The number of aryl methyl sites for hydroxylation is 1. The van der Waals surface area contributed by atoms with E-state index < -0.39 is 0 Å². The Kier molecular flexibility index (Phi) is 3.45. The van der Waals surface area contributed by atoms with Crippen LogP contribution in [-0.4, -0.2) is 0 Å². The molecule has 0 aliphatic heterocycles. The van der Waals surface area contributed by atoms with Crippen LogP contribution in [0, 0.1) is 12.7 Å². The second-order valence-corrected chi connectivity index (χ2v) is 5.24. The van der Waals surface area contributed by atoms with E-state index in [1.807, 2.05) is 31.2 Å². The molecule has 0 unspecified atom stereocenters. The van der Waals surface area contributed by atoms with Crippen molar-refractivity contribution in [2.24, 2.45) is 0 Å². The first-order valence-electron chi connectivity index (χ1n) is 4.80. The highest BCUT2D eigenvalue weighted by atomic mass is 79.9. The first-order chi connectivity index (χ1) is 7.61. The zero-order valence-electron chi connectivity index (χ0n) is 8.60. The lowest BCUT2D eigenvalue weighted by molar-refractivity contribution is 0.630. The second-order valence-electron chi connectivity index (χ2n) is 3.53. The summed E-state index contributed by atoms with van der Waals surface area (Å²) in [5.41, 5.74) is 2.54. The Morgan fingerprint density at radius 3 is 2.00 bits per heavy atom. The predicted molar refractivity (Wildman–Crippen MR) is 72.0 cm³/mol. The van der Waals surface area contributed by atoms with E-state index in [9.17, 15) is 4.39 Å². The normalized spacial score (nSPS) is 10.5. The fraction of sp³-hybridized carbons (Fsp3) is 0.0769. The first kappa shape index (κ1) is 11.8. The van der Waals surface area contributed by atoms with Gasteiger partial charge in [-0.25, -0.2) is 4.39 Å². The summed E-state index contributed by atoms with van der Waals surface area (Å²) in [6, 6.07) is 10.8. The monoisotopic (exact) mass is 342 g/mol. The lowest BCUT2D eigenvalue weighted by Gasteiger charge is -2.11. The van der Waals surface area contributed by atoms with Gasteiger partial charge < -0.3 is 0 Å². The summed E-state index contributed by atoms with van der Waals surface area (Å²) in [5, 5.41) is 0. The Labute approximate surface area is 111 Å². The van der Waals surface area contributed by atoms with Gasteiger partial charge in [-0.1, -0.05) is 50.1 Å². The van der Waals surface area contributed by atoms with Crippen LogP contribution in [0.15, 0.2) is 45.3 Å². The maximum atomic E-state index is 13.8. The van der Waals surface area contributed by atoms with E-state index in [2.05, 4.69) is 31.9 Å². The topological polar surface area (TPSA) is 0 Å². The van der Waals surface area contributed by atoms with Crippen molar-refractivity contribution in [3.05, 3.63) is 56.7 Å². The molecular weight excluding hydrogens is 335 g/mol. The van der Waals surface area contributed by atoms with Crippen molar-refractivity contribution in [2.75, 3.05) is 0 Å². The van der Waals surface area contributed by atoms with E-state index in [4.69, 9.17) is 0 Å². The summed E-state index contributed by atoms with van der Waals surface area (Å²) in [6.45, 7) is 1.97. The molecule has 0 saturated heterocycles. The molecule has 0 saturated carbocycles. The number of rotatable bonds is 1. The van der Waals surface area contributed by atoms with E-state index in [1.165, 1.54) is 6.07 Å². The van der Waals surface area contributed by atoms with Crippen molar-refractivity contribution in [1.29, 1.82) is 0 Å². The third-order valence-corrected chi connectivity index (χ3v) is 3.76. The molecule has 2 rings (SSSR count). The molecule has 0 aliphatic rings. The molecule has 0 atom stereocenters. The average Bonchev–Trinajstić information content (AvgIpc) is 2.21. The zero-order chi connectivity index (χ0) is 11.7. The fourth-order valence-corrected chi connectivity index (χ4v) is 2.89. The average molecular weight is 344 g/mol. The third-order valence-electron chi connectivity index (χ3n) is 2.43. The van der Waals surface area contributed by atoms with Gasteiger partial charge in [-0.2, -0.15) is 0 Å². The standard InChI is InChI=1S/C13H9Br2F/c1-8-4-2-5-9(14)12(8)13-10(15)6-3-7-11(13)16/h2-7H,1H3. The van der Waals surface area contributed by atoms with Crippen LogP contribution in [0.2, 0.25) is 0 Å². The highest BCUT2D eigenvalue weighted by molar-refractivity contribution is 9.11. The van der Waals surface area contributed by atoms with Crippen LogP contribution >= 0.6 is 31.9 Å². The molecule has 0 amide bonds. The van der Waals surface area contributed by atoms with Crippen molar-refractivity contribution < 1.29 is 4.39 Å². The minimum atomic E-state index is -0.218. The Hall–Kier alpha value is -0.670. The van der Waals surface area contributed by atoms with Gasteiger partial charge in [-0.15, -0.1) is 0 Å². The second kappa shape index (κ2) is 4.68. The van der Waals surface area contributed by atoms with E-state index in [0.29, 0.717) is 5.56 Å². The molecule has 0 nitrogen and oxygen atoms in total. The van der Waals surface area contributed by atoms with E-state index >= 15 is 0 Å². The molecule has 0 bridgehead atoms. The number of hydrogen-bond acceptors (Lipinski definition) is 0. The molecule has 0 radical (unpaired) electrons. The molecule has 0 N–H and O–H groups in total. The van der Waals surface area contributed by atoms with Crippen LogP contribution in [0.4, 0.5) is 4.39 Å². The minimum absolute atomic E-state index is 0.218. The summed E-state index contributed by atoms with van der Waals surface area (Å²) in [7, 11) is 0. The predicted octanol–water partition coefficient (Wildman–Crippen LogP) is 5.33. The maximum Gasteiger partial charge on any atom is 0.132 e. The Morgan fingerprint density at radius 1 is 0.875 bits per heavy atom. The molecule has 0 aromatic heterocycles. The van der Waals surface area contributed by atoms with Crippen molar-refractivity contribution in [1.82, 2.24) is 0 Å². The van der Waals surface area contributed by atoms with Gasteiger partial charge in [-0.05, 0) is 30.7 Å². The molecule has 0 heterocycles. The van der Waals surface area contributed by atoms with Crippen molar-refractivity contribution in [2.45, 2.75) is 6.92 Å². The van der Waals surface area contributed by atoms with E-state index in [-0.39, 0.29) is 5.82 Å². The van der Waals surface area contributed by atoms with Crippen LogP contribution in [-0.2, 0) is 0 Å². The molecular formula is C13H9Br2F. The highest BCUT2D eigenvalue weighted by Gasteiger charge is 2.13. The van der Waals surface area contributed by atoms with Gasteiger partial charge in [0.15, 0.2) is 0 Å². The maximum absolute atomic E-state index is 13.8. The van der Waals surface area contributed by atoms with Gasteiger partial charge in [-0.3, -0.25) is 0 Å². The number of hydrogen-bond donors (Lipinski definition) is 0. The molecule has 82 valence electrons. The smallest absolute Gasteiger partial charge is 0.132 e. The van der Waals surface area contributed by atoms with E-state index in [0.717, 1.165) is 20.1 Å². The van der Waals surface area contributed by atoms with Crippen molar-refractivity contribution in [3.8, 4) is 11.1 Å². The van der Waals surface area contributed by atoms with Crippen LogP contribution in [0.1, 0.15) is 5.56 Å². The van der Waals surface area contributed by atoms with E-state index in [1.54, 1.807) is 6.07 Å². The quantitative estimate of drug-likeness (QED) is 0.656. The Bertz CT molecular complexity index is 445. The van der Waals surface area contributed by atoms with Crippen molar-refractivity contribution >= 4 is 31.9 Å². The molecule has 2 aromatic rings. The van der Waals surface area contributed by atoms with Crippen LogP contribution in [0.5, 0.6) is 0 Å². The summed E-state index contributed by atoms with van der Waals surface area (Å²) < 4.78 is 15.5. The van der Waals surface area contributed by atoms with Gasteiger partial charge in [0.25, 0.3) is 0 Å². The molecule has 0 aliphatic carbocycles. The van der Waals surface area contributed by atoms with Gasteiger partial charge >= 0.3 is 0 Å². The molecule has 0 spiro atoms. The SMILES string of the molecule is Cc1cccc(Br)c1-c1c(F)cccc1Br. The van der Waals surface area contributed by atoms with Crippen LogP contribution in [0.3, 0.4) is 0 Å². The molecule has 16 heavy (non-hydrogen) atoms. The molecule has 3 heteroatoms. The van der Waals surface area contributed by atoms with Gasteiger partial charge in [0.1, 0.15) is 5.82 Å². The lowest BCUT2D eigenvalue weighted by atomic mass is 10.0. The van der Waals surface area contributed by atoms with Crippen LogP contribution < -0.4 is 0 Å². The number of halogens is 3. The van der Waals surface area contributed by atoms with Crippen LogP contribution in [0.25, 0.3) is 11.1 Å². The third kappa shape index (κ3) is 2.06. The zero-order valence-corrected chi connectivity index (χ0v) is 11.8. The summed E-state index contributed by atoms with van der Waals surface area (Å²) >= 11 is 6.86. The fourth-order valence-electron chi connectivity index (χ4n) is 1.69. The summed E-state index contributed by atoms with van der Waals surface area (Å²) in [5.74, 6) is -0.218. The summed E-state index contributed by atoms with van der Waals surface area (Å²) in [6.07, 6.45) is 0. The molecule has 0 fully saturated rings. The van der Waals surface area contributed by atoms with Gasteiger partial charge in [0, 0.05) is 20.1 Å². The molecule has 2 aromatic carbocycles. The van der Waals surface area contributed by atoms with Crippen molar-refractivity contribution in [3.63, 3.8) is 0 Å². The highest BCUT2D eigenvalue weighted by Crippen LogP contribution is 2.37. The Balaban J connectivity index is 2.77. The minimum Gasteiger partial charge on any atom is -0.206 e. The first-order valence-corrected chi connectivity index (χ1v) is 6.39. The summed E-state index contributed by atoms with van der Waals surface area (Å²) in [4.78, 5) is 0. The Morgan fingerprint density at radius 2 is 1.44 bits per heavy atom. The van der Waals surface area contributed by atoms with Gasteiger partial charge in [0.2, 0.25) is 0 Å². The number of benzene rings is 2. The van der Waals surface area contributed by atoms with Gasteiger partial charge in [0.05, 0.1) is 0 Å². The lowest BCUT2D eigenvalue weighted by Crippen LogP contribution is -1.90. The largest absolute Gasteiger partial charge is 0.206 e.